The number of carboxylic acid groups (broad SMARTS) is 1. The molecule has 0 bridgehead atoms. The van der Waals surface area contributed by atoms with Gasteiger partial charge in [0.05, 0.1) is 26.2 Å². The Hall–Kier alpha value is -2.84. The standard InChI is InChI=1S/C21H19F2NO5/c22-15-5-6-16(17(23)10-15)14-3-1-13(2-4-14)9-19(25)24-12-21(28-7-8-29-21)11-18(24)20(26)27/h1-6,10,18H,7-9,11-12H2,(H,26,27)/t18-/m0/s1. The number of rotatable bonds is 4. The number of aliphatic carboxylic acids is 1. The number of hydrogen-bond acceptors (Lipinski definition) is 4. The summed E-state index contributed by atoms with van der Waals surface area (Å²) in [6.45, 7) is 0.813. The first-order valence-corrected chi connectivity index (χ1v) is 9.21. The summed E-state index contributed by atoms with van der Waals surface area (Å²) in [5, 5.41) is 9.48. The Morgan fingerprint density at radius 2 is 1.79 bits per heavy atom. The van der Waals surface area contributed by atoms with Crippen molar-refractivity contribution in [1.82, 2.24) is 4.90 Å². The second-order valence-corrected chi connectivity index (χ2v) is 7.19. The van der Waals surface area contributed by atoms with Crippen molar-refractivity contribution in [2.24, 2.45) is 0 Å². The molecule has 2 aromatic carbocycles. The van der Waals surface area contributed by atoms with Crippen LogP contribution >= 0.6 is 0 Å². The molecule has 29 heavy (non-hydrogen) atoms. The Bertz CT molecular complexity index is 941. The van der Waals surface area contributed by atoms with Crippen molar-refractivity contribution in [2.45, 2.75) is 24.7 Å². The highest BCUT2D eigenvalue weighted by atomic mass is 19.1. The van der Waals surface area contributed by atoms with E-state index in [-0.39, 0.29) is 30.9 Å². The largest absolute Gasteiger partial charge is 0.480 e. The van der Waals surface area contributed by atoms with E-state index in [4.69, 9.17) is 9.47 Å². The van der Waals surface area contributed by atoms with Crippen molar-refractivity contribution in [3.8, 4) is 11.1 Å². The van der Waals surface area contributed by atoms with Gasteiger partial charge in [-0.05, 0) is 23.3 Å². The van der Waals surface area contributed by atoms with E-state index in [0.717, 1.165) is 6.07 Å². The molecule has 1 amide bonds. The third-order valence-corrected chi connectivity index (χ3v) is 5.26. The number of hydrogen-bond donors (Lipinski definition) is 1. The smallest absolute Gasteiger partial charge is 0.326 e. The molecule has 0 saturated carbocycles. The van der Waals surface area contributed by atoms with Crippen molar-refractivity contribution < 1.29 is 33.0 Å². The van der Waals surface area contributed by atoms with Gasteiger partial charge in [0.15, 0.2) is 5.79 Å². The summed E-state index contributed by atoms with van der Waals surface area (Å²) in [5.74, 6) is -3.81. The fourth-order valence-corrected chi connectivity index (χ4v) is 3.83. The van der Waals surface area contributed by atoms with Gasteiger partial charge in [0.2, 0.25) is 5.91 Å². The second-order valence-electron chi connectivity index (χ2n) is 7.19. The van der Waals surface area contributed by atoms with E-state index < -0.39 is 29.4 Å². The minimum atomic E-state index is -1.10. The molecule has 0 unspecified atom stereocenters. The van der Waals surface area contributed by atoms with Crippen molar-refractivity contribution in [2.75, 3.05) is 19.8 Å². The molecule has 0 radical (unpaired) electrons. The molecule has 2 aromatic rings. The highest BCUT2D eigenvalue weighted by Gasteiger charge is 2.52. The molecule has 8 heteroatoms. The summed E-state index contributed by atoms with van der Waals surface area (Å²) in [6.07, 6.45) is 0.0862. The van der Waals surface area contributed by atoms with E-state index in [1.54, 1.807) is 24.3 Å². The van der Waals surface area contributed by atoms with Crippen LogP contribution in [0.4, 0.5) is 8.78 Å². The van der Waals surface area contributed by atoms with Crippen LogP contribution in [0.25, 0.3) is 11.1 Å². The molecular weight excluding hydrogens is 384 g/mol. The van der Waals surface area contributed by atoms with E-state index in [1.165, 1.54) is 17.0 Å². The lowest BCUT2D eigenvalue weighted by molar-refractivity contribution is -0.152. The predicted octanol–water partition coefficient (Wildman–Crippen LogP) is 2.60. The molecule has 2 heterocycles. The first kappa shape index (κ1) is 19.5. The number of carbonyl (C=O) groups is 2. The Labute approximate surface area is 165 Å². The van der Waals surface area contributed by atoms with Crippen LogP contribution in [0.2, 0.25) is 0 Å². The summed E-state index contributed by atoms with van der Waals surface area (Å²) in [7, 11) is 0. The molecule has 1 atom stereocenters. The summed E-state index contributed by atoms with van der Waals surface area (Å²) in [5.41, 5.74) is 1.46. The van der Waals surface area contributed by atoms with Gasteiger partial charge in [-0.2, -0.15) is 0 Å². The maximum atomic E-state index is 13.9. The van der Waals surface area contributed by atoms with E-state index in [9.17, 15) is 23.5 Å². The number of nitrogens with zero attached hydrogens (tertiary/aromatic N) is 1. The molecular formula is C21H19F2NO5. The van der Waals surface area contributed by atoms with E-state index in [2.05, 4.69) is 0 Å². The first-order valence-electron chi connectivity index (χ1n) is 9.21. The van der Waals surface area contributed by atoms with Gasteiger partial charge in [-0.3, -0.25) is 4.79 Å². The van der Waals surface area contributed by atoms with Crippen LogP contribution in [-0.2, 0) is 25.5 Å². The van der Waals surface area contributed by atoms with Crippen LogP contribution in [-0.4, -0.2) is 53.5 Å². The topological polar surface area (TPSA) is 76.1 Å². The quantitative estimate of drug-likeness (QED) is 0.849. The van der Waals surface area contributed by atoms with Crippen LogP contribution in [0.5, 0.6) is 0 Å². The van der Waals surface area contributed by atoms with E-state index >= 15 is 0 Å². The van der Waals surface area contributed by atoms with Gasteiger partial charge in [0.25, 0.3) is 0 Å². The number of carbonyl (C=O) groups excluding carboxylic acids is 1. The first-order chi connectivity index (χ1) is 13.9. The normalized spacial score (nSPS) is 20.3. The molecule has 1 spiro atoms. The van der Waals surface area contributed by atoms with Gasteiger partial charge < -0.3 is 19.5 Å². The second kappa shape index (κ2) is 7.53. The Morgan fingerprint density at radius 1 is 1.10 bits per heavy atom. The van der Waals surface area contributed by atoms with Crippen LogP contribution in [0.3, 0.4) is 0 Å². The number of ether oxygens (including phenoxy) is 2. The molecule has 2 aliphatic heterocycles. The number of likely N-dealkylation sites (tertiary alicyclic amines) is 1. The summed E-state index contributed by atoms with van der Waals surface area (Å²) < 4.78 is 38.1. The molecule has 2 fully saturated rings. The van der Waals surface area contributed by atoms with E-state index in [1.807, 2.05) is 0 Å². The Morgan fingerprint density at radius 3 is 2.41 bits per heavy atom. The maximum absolute atomic E-state index is 13.9. The van der Waals surface area contributed by atoms with Gasteiger partial charge in [-0.15, -0.1) is 0 Å². The zero-order valence-electron chi connectivity index (χ0n) is 15.4. The van der Waals surface area contributed by atoms with Gasteiger partial charge >= 0.3 is 5.97 Å². The highest BCUT2D eigenvalue weighted by molar-refractivity contribution is 5.86. The molecule has 1 N–H and O–H groups in total. The average molecular weight is 403 g/mol. The van der Waals surface area contributed by atoms with Crippen LogP contribution in [0, 0.1) is 11.6 Å². The van der Waals surface area contributed by atoms with Crippen LogP contribution < -0.4 is 0 Å². The number of amides is 1. The number of carboxylic acids is 1. The zero-order chi connectivity index (χ0) is 20.6. The third kappa shape index (κ3) is 3.86. The highest BCUT2D eigenvalue weighted by Crippen LogP contribution is 2.35. The third-order valence-electron chi connectivity index (χ3n) is 5.26. The summed E-state index contributed by atoms with van der Waals surface area (Å²) >= 11 is 0. The SMILES string of the molecule is O=C(O)[C@@H]1CC2(CN1C(=O)Cc1ccc(-c3ccc(F)cc3F)cc1)OCCO2. The number of halogens is 2. The van der Waals surface area contributed by atoms with Crippen molar-refractivity contribution >= 4 is 11.9 Å². The number of benzene rings is 2. The maximum Gasteiger partial charge on any atom is 0.326 e. The summed E-state index contributed by atoms with van der Waals surface area (Å²) in [6, 6.07) is 8.96. The molecule has 152 valence electrons. The lowest BCUT2D eigenvalue weighted by Crippen LogP contribution is -2.42. The molecule has 0 aliphatic carbocycles. The zero-order valence-corrected chi connectivity index (χ0v) is 15.4. The minimum Gasteiger partial charge on any atom is -0.480 e. The monoisotopic (exact) mass is 403 g/mol. The summed E-state index contributed by atoms with van der Waals surface area (Å²) in [4.78, 5) is 25.6. The van der Waals surface area contributed by atoms with Crippen LogP contribution in [0.15, 0.2) is 42.5 Å². The van der Waals surface area contributed by atoms with Gasteiger partial charge in [-0.25, -0.2) is 13.6 Å². The fourth-order valence-electron chi connectivity index (χ4n) is 3.83. The fraction of sp³-hybridized carbons (Fsp3) is 0.333. The Kier molecular flexibility index (Phi) is 5.06. The van der Waals surface area contributed by atoms with Gasteiger partial charge in [-0.1, -0.05) is 24.3 Å². The lowest BCUT2D eigenvalue weighted by atomic mass is 10.0. The van der Waals surface area contributed by atoms with Gasteiger partial charge in [0.1, 0.15) is 17.7 Å². The molecule has 4 rings (SSSR count). The molecule has 2 saturated heterocycles. The lowest BCUT2D eigenvalue weighted by Gasteiger charge is -2.23. The average Bonchev–Trinajstić information content (AvgIpc) is 3.30. The van der Waals surface area contributed by atoms with Crippen molar-refractivity contribution in [3.63, 3.8) is 0 Å². The molecule has 2 aliphatic rings. The van der Waals surface area contributed by atoms with Crippen molar-refractivity contribution in [1.29, 1.82) is 0 Å². The van der Waals surface area contributed by atoms with Crippen LogP contribution in [0.1, 0.15) is 12.0 Å². The van der Waals surface area contributed by atoms with E-state index in [0.29, 0.717) is 24.3 Å². The Balaban J connectivity index is 1.48. The van der Waals surface area contributed by atoms with Gasteiger partial charge in [0, 0.05) is 18.1 Å². The minimum absolute atomic E-state index is 0.00790. The van der Waals surface area contributed by atoms with Crippen molar-refractivity contribution in [3.05, 3.63) is 59.7 Å². The molecule has 6 nitrogen and oxygen atoms in total. The predicted molar refractivity (Wildman–Crippen MR) is 97.9 cm³/mol. The molecule has 0 aromatic heterocycles.